The van der Waals surface area contributed by atoms with Crippen molar-refractivity contribution in [2.45, 2.75) is 411 Å². The number of hydrogen-bond acceptors (Lipinski definition) is 6. The minimum Gasteiger partial charge on any atom is -0.756 e. The normalized spacial score (nSPS) is 13.5. The van der Waals surface area contributed by atoms with E-state index in [2.05, 4.69) is 19.2 Å². The number of nitrogens with zero attached hydrogens (tertiary/aromatic N) is 1. The maximum absolute atomic E-state index is 13.1. The standard InChI is InChI=1S/C71H145N2O6P/c1-6-8-10-12-14-16-18-20-22-24-26-28-30-32-33-34-35-36-37-38-39-41-42-44-46-48-50-52-54-56-58-60-62-64-70(74)69(68-79-80(76,77)78-67-66-73(3,4)5)72-71(75)65-63-61-59-57-55-53-51-49-47-45-43-40-31-29-27-25-23-21-19-17-15-13-11-9-7-2/h69-70,74H,6-68H2,1-5H3,(H-,72,75,76,77). The van der Waals surface area contributed by atoms with Gasteiger partial charge >= 0.3 is 0 Å². The highest BCUT2D eigenvalue weighted by Crippen LogP contribution is 2.38. The van der Waals surface area contributed by atoms with Crippen LogP contribution in [0.15, 0.2) is 0 Å². The van der Waals surface area contributed by atoms with Crippen LogP contribution in [0.2, 0.25) is 0 Å². The number of carbonyl (C=O) groups excluding carboxylic acids is 1. The summed E-state index contributed by atoms with van der Waals surface area (Å²) in [6, 6.07) is -0.797. The van der Waals surface area contributed by atoms with Crippen LogP contribution in [0.1, 0.15) is 399 Å². The van der Waals surface area contributed by atoms with Crippen molar-refractivity contribution in [3.63, 3.8) is 0 Å². The minimum atomic E-state index is -4.58. The zero-order valence-electron chi connectivity index (χ0n) is 55.1. The molecule has 0 aromatic carbocycles. The first-order chi connectivity index (χ1) is 39.0. The summed E-state index contributed by atoms with van der Waals surface area (Å²) in [6.07, 6.45) is 79.1. The van der Waals surface area contributed by atoms with Gasteiger partial charge in [-0.15, -0.1) is 0 Å². The Kier molecular flexibility index (Phi) is 62.6. The Morgan fingerprint density at radius 3 is 0.850 bits per heavy atom. The monoisotopic (exact) mass is 1150 g/mol. The molecule has 9 heteroatoms. The Hall–Kier alpha value is -0.500. The van der Waals surface area contributed by atoms with Gasteiger partial charge in [0.15, 0.2) is 0 Å². The number of nitrogens with one attached hydrogen (secondary N) is 1. The summed E-state index contributed by atoms with van der Waals surface area (Å²) in [7, 11) is 1.33. The molecule has 3 atom stereocenters. The third kappa shape index (κ3) is 65.1. The molecule has 0 saturated carbocycles. The van der Waals surface area contributed by atoms with Crippen LogP contribution in [0.5, 0.6) is 0 Å². The van der Waals surface area contributed by atoms with Crippen molar-refractivity contribution in [3.05, 3.63) is 0 Å². The van der Waals surface area contributed by atoms with E-state index in [4.69, 9.17) is 9.05 Å². The van der Waals surface area contributed by atoms with Gasteiger partial charge in [0, 0.05) is 6.42 Å². The number of amides is 1. The molecule has 0 radical (unpaired) electrons. The number of unbranched alkanes of at least 4 members (excludes halogenated alkanes) is 56. The number of rotatable bonds is 69. The fourth-order valence-corrected chi connectivity index (χ4v) is 12.4. The van der Waals surface area contributed by atoms with Crippen LogP contribution in [0, 0.1) is 0 Å². The lowest BCUT2D eigenvalue weighted by atomic mass is 10.0. The van der Waals surface area contributed by atoms with Gasteiger partial charge in [-0.05, 0) is 12.8 Å². The fourth-order valence-electron chi connectivity index (χ4n) is 11.7. The van der Waals surface area contributed by atoms with Crippen LogP contribution < -0.4 is 10.2 Å². The lowest BCUT2D eigenvalue weighted by Gasteiger charge is -2.30. The fraction of sp³-hybridized carbons (Fsp3) is 0.986. The van der Waals surface area contributed by atoms with Crippen molar-refractivity contribution in [2.24, 2.45) is 0 Å². The lowest BCUT2D eigenvalue weighted by Crippen LogP contribution is -2.46. The Labute approximate surface area is 501 Å². The summed E-state index contributed by atoms with van der Waals surface area (Å²) < 4.78 is 23.6. The maximum atomic E-state index is 13.1. The molecule has 0 spiro atoms. The molecule has 0 bridgehead atoms. The van der Waals surface area contributed by atoms with E-state index in [-0.39, 0.29) is 19.1 Å². The average molecular weight is 1150 g/mol. The Balaban J connectivity index is 3.95. The molecule has 2 N–H and O–H groups in total. The number of likely N-dealkylation sites (N-methyl/N-ethyl adjacent to an activating group) is 1. The van der Waals surface area contributed by atoms with Gasteiger partial charge in [0.25, 0.3) is 7.82 Å². The summed E-state index contributed by atoms with van der Waals surface area (Å²) in [5, 5.41) is 14.1. The highest BCUT2D eigenvalue weighted by atomic mass is 31.2. The van der Waals surface area contributed by atoms with Crippen LogP contribution >= 0.6 is 7.82 Å². The van der Waals surface area contributed by atoms with Gasteiger partial charge in [-0.1, -0.05) is 380 Å². The molecule has 8 nitrogen and oxygen atoms in total. The number of phosphoric acid groups is 1. The summed E-state index contributed by atoms with van der Waals surface area (Å²) in [5.41, 5.74) is 0. The molecule has 0 heterocycles. The molecule has 3 unspecified atom stereocenters. The third-order valence-electron chi connectivity index (χ3n) is 17.3. The molecule has 0 fully saturated rings. The molecule has 0 rings (SSSR count). The Bertz CT molecular complexity index is 1260. The average Bonchev–Trinajstić information content (AvgIpc) is 3.43. The molecule has 0 saturated heterocycles. The first kappa shape index (κ1) is 79.5. The zero-order valence-corrected chi connectivity index (χ0v) is 56.0. The molecule has 0 aromatic rings. The van der Waals surface area contributed by atoms with Crippen molar-refractivity contribution in [1.82, 2.24) is 5.32 Å². The number of carbonyl (C=O) groups is 1. The van der Waals surface area contributed by atoms with E-state index >= 15 is 0 Å². The second-order valence-electron chi connectivity index (χ2n) is 26.7. The number of hydrogen-bond donors (Lipinski definition) is 2. The second kappa shape index (κ2) is 63.0. The molecule has 80 heavy (non-hydrogen) atoms. The molecule has 0 aliphatic carbocycles. The van der Waals surface area contributed by atoms with Crippen molar-refractivity contribution in [2.75, 3.05) is 40.9 Å². The van der Waals surface area contributed by atoms with Crippen LogP contribution in [-0.4, -0.2) is 68.5 Å². The second-order valence-corrected chi connectivity index (χ2v) is 28.1. The van der Waals surface area contributed by atoms with Crippen LogP contribution in [0.25, 0.3) is 0 Å². The number of aliphatic hydroxyl groups is 1. The SMILES string of the molecule is CCCCCCCCCCCCCCCCCCCCCCCCCCCCCCCCCCCC(O)C(COP(=O)([O-])OCC[N+](C)(C)C)NC(=O)CCCCCCCCCCCCCCCCCCCCCCCCCCC. The van der Waals surface area contributed by atoms with Crippen molar-refractivity contribution in [3.8, 4) is 0 Å². The van der Waals surface area contributed by atoms with Gasteiger partial charge in [-0.2, -0.15) is 0 Å². The van der Waals surface area contributed by atoms with Crippen LogP contribution in [0.4, 0.5) is 0 Å². The zero-order chi connectivity index (χ0) is 58.4. The smallest absolute Gasteiger partial charge is 0.268 e. The molecule has 480 valence electrons. The number of aliphatic hydroxyl groups excluding tert-OH is 1. The van der Waals surface area contributed by atoms with Gasteiger partial charge in [0.2, 0.25) is 5.91 Å². The predicted octanol–water partition coefficient (Wildman–Crippen LogP) is 22.5. The molecule has 0 aromatic heterocycles. The molecule has 0 aliphatic rings. The van der Waals surface area contributed by atoms with Gasteiger partial charge in [0.05, 0.1) is 39.9 Å². The highest BCUT2D eigenvalue weighted by Gasteiger charge is 2.24. The number of quaternary nitrogens is 1. The largest absolute Gasteiger partial charge is 0.756 e. The van der Waals surface area contributed by atoms with E-state index in [0.717, 1.165) is 38.5 Å². The molecular weight excluding hydrogens is 1010 g/mol. The first-order valence-corrected chi connectivity index (χ1v) is 37.8. The quantitative estimate of drug-likeness (QED) is 0.0357. The van der Waals surface area contributed by atoms with E-state index in [1.807, 2.05) is 21.1 Å². The van der Waals surface area contributed by atoms with E-state index in [1.54, 1.807) is 0 Å². The molecular formula is C71H145N2O6P. The van der Waals surface area contributed by atoms with Crippen molar-refractivity contribution >= 4 is 13.7 Å². The van der Waals surface area contributed by atoms with Gasteiger partial charge in [0.1, 0.15) is 13.2 Å². The van der Waals surface area contributed by atoms with Crippen LogP contribution in [0.3, 0.4) is 0 Å². The molecule has 1 amide bonds. The van der Waals surface area contributed by atoms with E-state index in [9.17, 15) is 19.4 Å². The Morgan fingerprint density at radius 1 is 0.388 bits per heavy atom. The first-order valence-electron chi connectivity index (χ1n) is 36.4. The summed E-state index contributed by atoms with van der Waals surface area (Å²) in [5.74, 6) is -0.153. The van der Waals surface area contributed by atoms with Crippen molar-refractivity contribution < 1.29 is 32.9 Å². The third-order valence-corrected chi connectivity index (χ3v) is 18.3. The number of phosphoric ester groups is 1. The van der Waals surface area contributed by atoms with Gasteiger partial charge in [-0.3, -0.25) is 9.36 Å². The summed E-state index contributed by atoms with van der Waals surface area (Å²) >= 11 is 0. The molecule has 0 aliphatic heterocycles. The maximum Gasteiger partial charge on any atom is 0.268 e. The van der Waals surface area contributed by atoms with Crippen molar-refractivity contribution in [1.29, 1.82) is 0 Å². The predicted molar refractivity (Wildman–Crippen MR) is 349 cm³/mol. The van der Waals surface area contributed by atoms with Gasteiger partial charge < -0.3 is 28.8 Å². The highest BCUT2D eigenvalue weighted by molar-refractivity contribution is 7.45. The van der Waals surface area contributed by atoms with Gasteiger partial charge in [-0.25, -0.2) is 0 Å². The summed E-state index contributed by atoms with van der Waals surface area (Å²) in [6.45, 7) is 4.80. The van der Waals surface area contributed by atoms with E-state index < -0.39 is 20.0 Å². The van der Waals surface area contributed by atoms with E-state index in [1.165, 1.54) is 334 Å². The lowest BCUT2D eigenvalue weighted by molar-refractivity contribution is -0.870. The minimum absolute atomic E-state index is 0.0170. The Morgan fingerprint density at radius 2 is 0.613 bits per heavy atom. The van der Waals surface area contributed by atoms with E-state index in [0.29, 0.717) is 23.9 Å². The topological polar surface area (TPSA) is 108 Å². The van der Waals surface area contributed by atoms with Crippen LogP contribution in [-0.2, 0) is 18.4 Å². The summed E-state index contributed by atoms with van der Waals surface area (Å²) in [4.78, 5) is 25.7.